The molecular weight excluding hydrogens is 493 g/mol. The van der Waals surface area contributed by atoms with Gasteiger partial charge in [-0.2, -0.15) is 4.98 Å². The van der Waals surface area contributed by atoms with Crippen LogP contribution in [0.4, 0.5) is 8.78 Å². The molecule has 2 heterocycles. The molecule has 1 saturated heterocycles. The van der Waals surface area contributed by atoms with Gasteiger partial charge in [0.2, 0.25) is 5.89 Å². The maximum Gasteiger partial charge on any atom is 0.223 e. The van der Waals surface area contributed by atoms with Crippen molar-refractivity contribution in [1.29, 1.82) is 0 Å². The average Bonchev–Trinajstić information content (AvgIpc) is 3.11. The molecule has 160 valence electrons. The van der Waals surface area contributed by atoms with Crippen LogP contribution >= 0.6 is 24.0 Å². The van der Waals surface area contributed by atoms with E-state index in [-0.39, 0.29) is 30.0 Å². The van der Waals surface area contributed by atoms with Crippen molar-refractivity contribution in [2.75, 3.05) is 33.2 Å². The Morgan fingerprint density at radius 2 is 2.00 bits per heavy atom. The number of hydrogen-bond donors (Lipinski definition) is 1. The van der Waals surface area contributed by atoms with E-state index < -0.39 is 11.6 Å². The van der Waals surface area contributed by atoms with Gasteiger partial charge in [-0.3, -0.25) is 9.89 Å². The van der Waals surface area contributed by atoms with Crippen LogP contribution in [-0.4, -0.2) is 59.1 Å². The summed E-state index contributed by atoms with van der Waals surface area (Å²) in [6.45, 7) is 7.23. The van der Waals surface area contributed by atoms with Crippen LogP contribution in [0.1, 0.15) is 36.7 Å². The van der Waals surface area contributed by atoms with E-state index in [1.165, 1.54) is 6.07 Å². The van der Waals surface area contributed by atoms with E-state index >= 15 is 0 Å². The molecule has 0 bridgehead atoms. The molecule has 1 aliphatic heterocycles. The maximum absolute atomic E-state index is 14.2. The zero-order valence-electron chi connectivity index (χ0n) is 16.9. The predicted molar refractivity (Wildman–Crippen MR) is 117 cm³/mol. The summed E-state index contributed by atoms with van der Waals surface area (Å²) in [6.07, 6.45) is 0.757. The minimum Gasteiger partial charge on any atom is -0.349 e. The van der Waals surface area contributed by atoms with Crippen molar-refractivity contribution >= 4 is 29.9 Å². The summed E-state index contributed by atoms with van der Waals surface area (Å²) in [6, 6.07) is 3.76. The highest BCUT2D eigenvalue weighted by molar-refractivity contribution is 14.0. The van der Waals surface area contributed by atoms with Crippen molar-refractivity contribution in [2.45, 2.75) is 32.9 Å². The number of piperazine rings is 1. The lowest BCUT2D eigenvalue weighted by molar-refractivity contribution is 0.124. The molecule has 10 heteroatoms. The highest BCUT2D eigenvalue weighted by Crippen LogP contribution is 2.28. The Morgan fingerprint density at radius 1 is 1.28 bits per heavy atom. The van der Waals surface area contributed by atoms with Crippen LogP contribution in [0.15, 0.2) is 27.7 Å². The molecule has 7 nitrogen and oxygen atoms in total. The average molecular weight is 520 g/mol. The SMILES string of the molecule is CCC(c1ccc(F)cc1F)N1CCN(C(=NC)NCc2noc(C)n2)CC1.I. The molecule has 0 saturated carbocycles. The number of hydrogen-bond acceptors (Lipinski definition) is 5. The second-order valence-electron chi connectivity index (χ2n) is 6.74. The highest BCUT2D eigenvalue weighted by atomic mass is 127. The van der Waals surface area contributed by atoms with Crippen molar-refractivity contribution < 1.29 is 13.3 Å². The highest BCUT2D eigenvalue weighted by Gasteiger charge is 2.27. The fourth-order valence-corrected chi connectivity index (χ4v) is 3.60. The van der Waals surface area contributed by atoms with Gasteiger partial charge in [0.05, 0.1) is 6.54 Å². The third-order valence-corrected chi connectivity index (χ3v) is 4.95. The zero-order chi connectivity index (χ0) is 20.1. The molecule has 1 aromatic carbocycles. The van der Waals surface area contributed by atoms with Gasteiger partial charge in [-0.1, -0.05) is 18.1 Å². The first-order valence-electron chi connectivity index (χ1n) is 9.45. The van der Waals surface area contributed by atoms with Gasteiger partial charge in [-0.15, -0.1) is 24.0 Å². The van der Waals surface area contributed by atoms with Gasteiger partial charge in [0, 0.05) is 57.8 Å². The second-order valence-corrected chi connectivity index (χ2v) is 6.74. The monoisotopic (exact) mass is 520 g/mol. The molecule has 0 amide bonds. The smallest absolute Gasteiger partial charge is 0.223 e. The maximum atomic E-state index is 14.2. The van der Waals surface area contributed by atoms with Crippen LogP contribution in [0, 0.1) is 18.6 Å². The number of aryl methyl sites for hydroxylation is 1. The number of aromatic nitrogens is 2. The molecule has 3 rings (SSSR count). The molecule has 1 atom stereocenters. The molecule has 1 N–H and O–H groups in total. The Morgan fingerprint density at radius 3 is 2.55 bits per heavy atom. The van der Waals surface area contributed by atoms with Gasteiger partial charge in [-0.25, -0.2) is 8.78 Å². The summed E-state index contributed by atoms with van der Waals surface area (Å²) < 4.78 is 32.4. The van der Waals surface area contributed by atoms with Crippen molar-refractivity contribution in [1.82, 2.24) is 25.3 Å². The molecular formula is C19H27F2IN6O. The lowest BCUT2D eigenvalue weighted by Gasteiger charge is -2.40. The summed E-state index contributed by atoms with van der Waals surface area (Å²) >= 11 is 0. The van der Waals surface area contributed by atoms with E-state index in [0.717, 1.165) is 44.6 Å². The van der Waals surface area contributed by atoms with Gasteiger partial charge in [0.15, 0.2) is 11.8 Å². The summed E-state index contributed by atoms with van der Waals surface area (Å²) in [5, 5.41) is 7.11. The minimum atomic E-state index is -0.549. The van der Waals surface area contributed by atoms with Crippen molar-refractivity contribution in [2.24, 2.45) is 4.99 Å². The Hall–Kier alpha value is -1.82. The van der Waals surface area contributed by atoms with Crippen LogP contribution in [0.5, 0.6) is 0 Å². The number of nitrogens with one attached hydrogen (secondary N) is 1. The third-order valence-electron chi connectivity index (χ3n) is 4.95. The number of rotatable bonds is 5. The molecule has 1 unspecified atom stereocenters. The molecule has 1 fully saturated rings. The Labute approximate surface area is 186 Å². The van der Waals surface area contributed by atoms with E-state index in [9.17, 15) is 8.78 Å². The molecule has 29 heavy (non-hydrogen) atoms. The molecule has 2 aromatic rings. The number of nitrogens with zero attached hydrogens (tertiary/aromatic N) is 5. The quantitative estimate of drug-likeness (QED) is 0.372. The van der Waals surface area contributed by atoms with E-state index in [1.54, 1.807) is 20.0 Å². The van der Waals surface area contributed by atoms with Crippen LogP contribution < -0.4 is 5.32 Å². The summed E-state index contributed by atoms with van der Waals surface area (Å²) in [5.41, 5.74) is 0.548. The minimum absolute atomic E-state index is 0. The number of guanidine groups is 1. The first kappa shape index (κ1) is 23.5. The normalized spacial score (nSPS) is 16.4. The van der Waals surface area contributed by atoms with E-state index in [1.807, 2.05) is 6.92 Å². The summed E-state index contributed by atoms with van der Waals surface area (Å²) in [5.74, 6) is 0.840. The van der Waals surface area contributed by atoms with E-state index in [2.05, 4.69) is 30.2 Å². The fourth-order valence-electron chi connectivity index (χ4n) is 3.60. The largest absolute Gasteiger partial charge is 0.349 e. The number of aliphatic imine (C=N–C) groups is 1. The zero-order valence-corrected chi connectivity index (χ0v) is 19.2. The lowest BCUT2D eigenvalue weighted by atomic mass is 10.0. The Balaban J connectivity index is 0.00000300. The van der Waals surface area contributed by atoms with Gasteiger partial charge in [-0.05, 0) is 12.5 Å². The molecule has 1 aromatic heterocycles. The van der Waals surface area contributed by atoms with Crippen LogP contribution in [0.25, 0.3) is 0 Å². The molecule has 0 radical (unpaired) electrons. The second kappa shape index (κ2) is 10.8. The molecule has 0 spiro atoms. The predicted octanol–water partition coefficient (Wildman–Crippen LogP) is 3.12. The van der Waals surface area contributed by atoms with Crippen LogP contribution in [-0.2, 0) is 6.54 Å². The Kier molecular flexibility index (Phi) is 8.75. The molecule has 0 aliphatic carbocycles. The summed E-state index contributed by atoms with van der Waals surface area (Å²) in [4.78, 5) is 12.9. The topological polar surface area (TPSA) is 69.8 Å². The van der Waals surface area contributed by atoms with E-state index in [0.29, 0.717) is 23.8 Å². The summed E-state index contributed by atoms with van der Waals surface area (Å²) in [7, 11) is 1.74. The molecule has 1 aliphatic rings. The van der Waals surface area contributed by atoms with E-state index in [4.69, 9.17) is 4.52 Å². The standard InChI is InChI=1S/C19H26F2N6O.HI/c1-4-17(15-6-5-14(20)11-16(15)21)26-7-9-27(10-8-26)19(22-3)23-12-18-24-13(2)28-25-18;/h5-6,11,17H,4,7-10,12H2,1-3H3,(H,22,23);1H. The Bertz CT molecular complexity index is 823. The van der Waals surface area contributed by atoms with Gasteiger partial charge >= 0.3 is 0 Å². The van der Waals surface area contributed by atoms with Crippen LogP contribution in [0.2, 0.25) is 0 Å². The van der Waals surface area contributed by atoms with Crippen molar-refractivity contribution in [3.05, 3.63) is 47.1 Å². The fraction of sp³-hybridized carbons (Fsp3) is 0.526. The number of halogens is 3. The van der Waals surface area contributed by atoms with Gasteiger partial charge < -0.3 is 14.7 Å². The first-order valence-corrected chi connectivity index (χ1v) is 9.45. The van der Waals surface area contributed by atoms with Gasteiger partial charge in [0.25, 0.3) is 0 Å². The van der Waals surface area contributed by atoms with Crippen LogP contribution in [0.3, 0.4) is 0 Å². The van der Waals surface area contributed by atoms with Crippen molar-refractivity contribution in [3.63, 3.8) is 0 Å². The van der Waals surface area contributed by atoms with Crippen molar-refractivity contribution in [3.8, 4) is 0 Å². The number of benzene rings is 1. The first-order chi connectivity index (χ1) is 13.5. The third kappa shape index (κ3) is 5.84. The van der Waals surface area contributed by atoms with Gasteiger partial charge in [0.1, 0.15) is 11.6 Å². The lowest BCUT2D eigenvalue weighted by Crippen LogP contribution is -2.53.